The minimum atomic E-state index is 0.685. The van der Waals surface area contributed by atoms with Crippen LogP contribution in [0.1, 0.15) is 24.0 Å². The summed E-state index contributed by atoms with van der Waals surface area (Å²) in [6, 6.07) is 7.01. The van der Waals surface area contributed by atoms with Crippen LogP contribution in [0.15, 0.2) is 18.2 Å². The van der Waals surface area contributed by atoms with Crippen molar-refractivity contribution in [3.05, 3.63) is 29.3 Å². The van der Waals surface area contributed by atoms with Crippen molar-refractivity contribution in [2.75, 3.05) is 32.9 Å². The molecule has 0 aromatic heterocycles. The van der Waals surface area contributed by atoms with Gasteiger partial charge < -0.3 is 10.6 Å². The molecule has 1 fully saturated rings. The number of piperidine rings is 1. The van der Waals surface area contributed by atoms with Crippen LogP contribution in [0.2, 0.25) is 0 Å². The van der Waals surface area contributed by atoms with E-state index < -0.39 is 0 Å². The molecule has 18 heavy (non-hydrogen) atoms. The average molecular weight is 247 g/mol. The van der Waals surface area contributed by atoms with Crippen LogP contribution in [0, 0.1) is 6.92 Å². The number of likely N-dealkylation sites (tertiary alicyclic amines) is 1. The molecule has 2 N–H and O–H groups in total. The summed E-state index contributed by atoms with van der Waals surface area (Å²) >= 11 is 0. The van der Waals surface area contributed by atoms with E-state index in [1.54, 1.807) is 0 Å². The van der Waals surface area contributed by atoms with E-state index >= 15 is 0 Å². The Bertz CT molecular complexity index is 401. The van der Waals surface area contributed by atoms with Gasteiger partial charge in [0.05, 0.1) is 0 Å². The minimum absolute atomic E-state index is 0.685. The van der Waals surface area contributed by atoms with E-state index in [-0.39, 0.29) is 0 Å². The van der Waals surface area contributed by atoms with Crippen LogP contribution in [0.25, 0.3) is 0 Å². The number of nitrogen functional groups attached to an aromatic ring is 1. The summed E-state index contributed by atoms with van der Waals surface area (Å²) in [6.45, 7) is 5.46. The standard InChI is InChI=1S/C15H25N3/c1-12-6-7-15(16)13(9-12)10-18-8-4-5-14(11-18)17(2)3/h6-7,9,14H,4-5,8,10-11,16H2,1-3H3. The summed E-state index contributed by atoms with van der Waals surface area (Å²) < 4.78 is 0. The zero-order chi connectivity index (χ0) is 13.1. The van der Waals surface area contributed by atoms with Gasteiger partial charge in [0.2, 0.25) is 0 Å². The molecule has 0 aliphatic carbocycles. The first-order valence-corrected chi connectivity index (χ1v) is 6.80. The van der Waals surface area contributed by atoms with Gasteiger partial charge in [-0.25, -0.2) is 0 Å². The fourth-order valence-electron chi connectivity index (χ4n) is 2.71. The van der Waals surface area contributed by atoms with E-state index in [4.69, 9.17) is 5.73 Å². The van der Waals surface area contributed by atoms with Gasteiger partial charge in [-0.3, -0.25) is 4.90 Å². The predicted molar refractivity (Wildman–Crippen MR) is 77.6 cm³/mol. The summed E-state index contributed by atoms with van der Waals surface area (Å²) in [7, 11) is 4.35. The van der Waals surface area contributed by atoms with Gasteiger partial charge in [-0.1, -0.05) is 17.7 Å². The van der Waals surface area contributed by atoms with Crippen LogP contribution in [-0.2, 0) is 6.54 Å². The molecule has 0 amide bonds. The number of anilines is 1. The van der Waals surface area contributed by atoms with Gasteiger partial charge in [-0.05, 0) is 52.0 Å². The van der Waals surface area contributed by atoms with Gasteiger partial charge in [0.1, 0.15) is 0 Å². The van der Waals surface area contributed by atoms with E-state index in [0.717, 1.165) is 18.8 Å². The Morgan fingerprint density at radius 3 is 2.89 bits per heavy atom. The summed E-state index contributed by atoms with van der Waals surface area (Å²) in [6.07, 6.45) is 2.60. The zero-order valence-electron chi connectivity index (χ0n) is 11.8. The van der Waals surface area contributed by atoms with Crippen LogP contribution in [-0.4, -0.2) is 43.0 Å². The van der Waals surface area contributed by atoms with Crippen molar-refractivity contribution in [3.8, 4) is 0 Å². The number of hydrogen-bond donors (Lipinski definition) is 1. The van der Waals surface area contributed by atoms with Crippen LogP contribution in [0.5, 0.6) is 0 Å². The topological polar surface area (TPSA) is 32.5 Å². The Labute approximate surface area is 111 Å². The van der Waals surface area contributed by atoms with E-state index in [2.05, 4.69) is 43.0 Å². The molecule has 2 rings (SSSR count). The molecule has 1 heterocycles. The first kappa shape index (κ1) is 13.4. The molecule has 3 heteroatoms. The molecule has 1 unspecified atom stereocenters. The fourth-order valence-corrected chi connectivity index (χ4v) is 2.71. The second-order valence-corrected chi connectivity index (χ2v) is 5.70. The SMILES string of the molecule is Cc1ccc(N)c(CN2CCCC(N(C)C)C2)c1. The molecule has 3 nitrogen and oxygen atoms in total. The van der Waals surface area contributed by atoms with Crippen molar-refractivity contribution in [2.45, 2.75) is 32.4 Å². The first-order chi connectivity index (χ1) is 8.56. The summed E-state index contributed by atoms with van der Waals surface area (Å²) in [5.74, 6) is 0. The number of nitrogens with two attached hydrogens (primary N) is 1. The van der Waals surface area contributed by atoms with Gasteiger partial charge in [0.25, 0.3) is 0 Å². The number of hydrogen-bond acceptors (Lipinski definition) is 3. The minimum Gasteiger partial charge on any atom is -0.398 e. The molecule has 1 aromatic rings. The third kappa shape index (κ3) is 3.24. The summed E-state index contributed by atoms with van der Waals surface area (Å²) in [5.41, 5.74) is 9.55. The van der Waals surface area contributed by atoms with Crippen molar-refractivity contribution in [1.29, 1.82) is 0 Å². The zero-order valence-corrected chi connectivity index (χ0v) is 11.8. The molecule has 1 aliphatic heterocycles. The molecule has 0 radical (unpaired) electrons. The molecule has 1 aromatic carbocycles. The van der Waals surface area contributed by atoms with Crippen LogP contribution >= 0.6 is 0 Å². The fraction of sp³-hybridized carbons (Fsp3) is 0.600. The number of benzene rings is 1. The normalized spacial score (nSPS) is 21.4. The predicted octanol–water partition coefficient (Wildman–Crippen LogP) is 2.10. The highest BCUT2D eigenvalue weighted by Crippen LogP contribution is 2.20. The number of nitrogens with zero attached hydrogens (tertiary/aromatic N) is 2. The number of rotatable bonds is 3. The maximum atomic E-state index is 6.06. The highest BCUT2D eigenvalue weighted by molar-refractivity contribution is 5.48. The third-order valence-corrected chi connectivity index (χ3v) is 3.90. The van der Waals surface area contributed by atoms with Crippen molar-refractivity contribution >= 4 is 5.69 Å². The Morgan fingerprint density at radius 1 is 1.39 bits per heavy atom. The Kier molecular flexibility index (Phi) is 4.25. The van der Waals surface area contributed by atoms with E-state index in [9.17, 15) is 0 Å². The smallest absolute Gasteiger partial charge is 0.0359 e. The first-order valence-electron chi connectivity index (χ1n) is 6.80. The molecule has 0 saturated carbocycles. The molecular formula is C15H25N3. The van der Waals surface area contributed by atoms with Gasteiger partial charge >= 0.3 is 0 Å². The summed E-state index contributed by atoms with van der Waals surface area (Å²) in [5, 5.41) is 0. The number of aryl methyl sites for hydroxylation is 1. The van der Waals surface area contributed by atoms with Gasteiger partial charge in [-0.2, -0.15) is 0 Å². The second-order valence-electron chi connectivity index (χ2n) is 5.70. The van der Waals surface area contributed by atoms with Gasteiger partial charge in [0, 0.05) is 24.8 Å². The lowest BCUT2D eigenvalue weighted by molar-refractivity contribution is 0.128. The average Bonchev–Trinajstić information content (AvgIpc) is 2.34. The van der Waals surface area contributed by atoms with Crippen molar-refractivity contribution in [1.82, 2.24) is 9.80 Å². The molecule has 0 spiro atoms. The molecule has 1 aliphatic rings. The quantitative estimate of drug-likeness (QED) is 0.830. The van der Waals surface area contributed by atoms with E-state index in [1.165, 1.54) is 30.5 Å². The lowest BCUT2D eigenvalue weighted by Gasteiger charge is -2.36. The van der Waals surface area contributed by atoms with Crippen LogP contribution < -0.4 is 5.73 Å². The maximum absolute atomic E-state index is 6.06. The molecule has 100 valence electrons. The monoisotopic (exact) mass is 247 g/mol. The van der Waals surface area contributed by atoms with E-state index in [0.29, 0.717) is 6.04 Å². The Balaban J connectivity index is 2.02. The molecular weight excluding hydrogens is 222 g/mol. The Morgan fingerprint density at radius 2 is 2.17 bits per heavy atom. The second kappa shape index (κ2) is 5.72. The highest BCUT2D eigenvalue weighted by atomic mass is 15.2. The van der Waals surface area contributed by atoms with E-state index in [1.807, 2.05) is 6.07 Å². The largest absolute Gasteiger partial charge is 0.398 e. The molecule has 0 bridgehead atoms. The number of likely N-dealkylation sites (N-methyl/N-ethyl adjacent to an activating group) is 1. The third-order valence-electron chi connectivity index (χ3n) is 3.90. The van der Waals surface area contributed by atoms with Crippen molar-refractivity contribution < 1.29 is 0 Å². The van der Waals surface area contributed by atoms with Crippen LogP contribution in [0.3, 0.4) is 0 Å². The van der Waals surface area contributed by atoms with Gasteiger partial charge in [0.15, 0.2) is 0 Å². The highest BCUT2D eigenvalue weighted by Gasteiger charge is 2.21. The molecule has 1 atom stereocenters. The Hall–Kier alpha value is -1.06. The van der Waals surface area contributed by atoms with Crippen molar-refractivity contribution in [3.63, 3.8) is 0 Å². The lowest BCUT2D eigenvalue weighted by atomic mass is 10.0. The molecule has 1 saturated heterocycles. The lowest BCUT2D eigenvalue weighted by Crippen LogP contribution is -2.44. The summed E-state index contributed by atoms with van der Waals surface area (Å²) in [4.78, 5) is 4.87. The van der Waals surface area contributed by atoms with Crippen molar-refractivity contribution in [2.24, 2.45) is 0 Å². The maximum Gasteiger partial charge on any atom is 0.0359 e. The van der Waals surface area contributed by atoms with Crippen LogP contribution in [0.4, 0.5) is 5.69 Å². The van der Waals surface area contributed by atoms with Gasteiger partial charge in [-0.15, -0.1) is 0 Å².